The maximum absolute atomic E-state index is 12.3. The van der Waals surface area contributed by atoms with Crippen molar-refractivity contribution in [3.8, 4) is 5.75 Å². The molecule has 0 unspecified atom stereocenters. The Kier molecular flexibility index (Phi) is 5.89. The van der Waals surface area contributed by atoms with Gasteiger partial charge in [0.1, 0.15) is 5.75 Å². The standard InChI is InChI=1S/C17H16N4O3S3/c1-24-14-4-2-3-13(11-14)20-16(25)19-12-5-7-15(8-6-12)27(22,23)21-17-18-9-10-26-17/h2-11H,1H3,(H,18,21)(H2,19,20,25). The van der Waals surface area contributed by atoms with E-state index in [1.807, 2.05) is 24.3 Å². The Bertz CT molecular complexity index is 1020. The van der Waals surface area contributed by atoms with E-state index in [1.54, 1.807) is 24.6 Å². The summed E-state index contributed by atoms with van der Waals surface area (Å²) < 4.78 is 32.2. The van der Waals surface area contributed by atoms with Gasteiger partial charge in [-0.25, -0.2) is 13.4 Å². The van der Waals surface area contributed by atoms with E-state index in [1.165, 1.54) is 29.7 Å². The van der Waals surface area contributed by atoms with Crippen molar-refractivity contribution >= 4 is 55.2 Å². The predicted octanol–water partition coefficient (Wildman–Crippen LogP) is 3.76. The van der Waals surface area contributed by atoms with Crippen LogP contribution in [0.3, 0.4) is 0 Å². The molecule has 0 fully saturated rings. The van der Waals surface area contributed by atoms with Gasteiger partial charge in [-0.2, -0.15) is 0 Å². The van der Waals surface area contributed by atoms with Crippen molar-refractivity contribution in [2.45, 2.75) is 4.90 Å². The van der Waals surface area contributed by atoms with Crippen LogP contribution in [0.1, 0.15) is 0 Å². The summed E-state index contributed by atoms with van der Waals surface area (Å²) in [6.45, 7) is 0. The lowest BCUT2D eigenvalue weighted by Crippen LogP contribution is -2.19. The molecule has 3 rings (SSSR count). The smallest absolute Gasteiger partial charge is 0.263 e. The molecule has 7 nitrogen and oxygen atoms in total. The van der Waals surface area contributed by atoms with E-state index in [9.17, 15) is 8.42 Å². The van der Waals surface area contributed by atoms with E-state index in [0.29, 0.717) is 21.7 Å². The number of benzene rings is 2. The molecule has 140 valence electrons. The summed E-state index contributed by atoms with van der Waals surface area (Å²) in [6.07, 6.45) is 1.53. The second-order valence-corrected chi connectivity index (χ2v) is 8.26. The number of nitrogens with one attached hydrogen (secondary N) is 3. The monoisotopic (exact) mass is 420 g/mol. The number of hydrogen-bond acceptors (Lipinski definition) is 6. The average molecular weight is 421 g/mol. The molecule has 0 amide bonds. The summed E-state index contributed by atoms with van der Waals surface area (Å²) in [7, 11) is -2.09. The highest BCUT2D eigenvalue weighted by Gasteiger charge is 2.15. The molecule has 1 heterocycles. The van der Waals surface area contributed by atoms with Crippen molar-refractivity contribution in [3.05, 3.63) is 60.1 Å². The third-order valence-electron chi connectivity index (χ3n) is 3.40. The minimum absolute atomic E-state index is 0.134. The Balaban J connectivity index is 1.64. The summed E-state index contributed by atoms with van der Waals surface area (Å²) in [4.78, 5) is 4.05. The number of thiocarbonyl (C=S) groups is 1. The number of ether oxygens (including phenoxy) is 1. The van der Waals surface area contributed by atoms with E-state index in [-0.39, 0.29) is 4.90 Å². The fourth-order valence-corrected chi connectivity index (χ4v) is 4.18. The van der Waals surface area contributed by atoms with Gasteiger partial charge in [0.2, 0.25) is 0 Å². The molecule has 0 saturated carbocycles. The maximum Gasteiger partial charge on any atom is 0.263 e. The van der Waals surface area contributed by atoms with Crippen molar-refractivity contribution in [2.75, 3.05) is 22.5 Å². The zero-order valence-corrected chi connectivity index (χ0v) is 16.6. The highest BCUT2D eigenvalue weighted by molar-refractivity contribution is 7.93. The van der Waals surface area contributed by atoms with Crippen molar-refractivity contribution in [1.29, 1.82) is 0 Å². The van der Waals surface area contributed by atoms with Crippen LogP contribution in [0.15, 0.2) is 65.0 Å². The Morgan fingerprint density at radius 3 is 2.52 bits per heavy atom. The van der Waals surface area contributed by atoms with Crippen LogP contribution in [0, 0.1) is 0 Å². The zero-order valence-electron chi connectivity index (χ0n) is 14.2. The summed E-state index contributed by atoms with van der Waals surface area (Å²) in [5.74, 6) is 0.713. The first kappa shape index (κ1) is 19.1. The van der Waals surface area contributed by atoms with E-state index in [0.717, 1.165) is 5.69 Å². The van der Waals surface area contributed by atoms with Gasteiger partial charge in [-0.3, -0.25) is 4.72 Å². The Hall–Kier alpha value is -2.69. The van der Waals surface area contributed by atoms with Crippen LogP contribution in [0.2, 0.25) is 0 Å². The summed E-state index contributed by atoms with van der Waals surface area (Å²) in [5, 5.41) is 8.44. The largest absolute Gasteiger partial charge is 0.497 e. The Morgan fingerprint density at radius 1 is 1.11 bits per heavy atom. The highest BCUT2D eigenvalue weighted by atomic mass is 32.2. The summed E-state index contributed by atoms with van der Waals surface area (Å²) in [5.41, 5.74) is 1.43. The minimum atomic E-state index is -3.68. The molecular formula is C17H16N4O3S3. The number of anilines is 3. The molecule has 0 aliphatic heterocycles. The van der Waals surface area contributed by atoms with Gasteiger partial charge in [-0.15, -0.1) is 11.3 Å². The number of sulfonamides is 1. The average Bonchev–Trinajstić information content (AvgIpc) is 3.14. The van der Waals surface area contributed by atoms with Crippen molar-refractivity contribution in [2.24, 2.45) is 0 Å². The van der Waals surface area contributed by atoms with Crippen LogP contribution in [-0.4, -0.2) is 25.6 Å². The van der Waals surface area contributed by atoms with Gasteiger partial charge in [0.25, 0.3) is 10.0 Å². The SMILES string of the molecule is COc1cccc(NC(=S)Nc2ccc(S(=O)(=O)Nc3nccs3)cc2)c1. The van der Waals surface area contributed by atoms with E-state index < -0.39 is 10.0 Å². The van der Waals surface area contributed by atoms with Crippen LogP contribution < -0.4 is 20.1 Å². The molecule has 0 saturated heterocycles. The molecule has 2 aromatic carbocycles. The minimum Gasteiger partial charge on any atom is -0.497 e. The number of aromatic nitrogens is 1. The quantitative estimate of drug-likeness (QED) is 0.523. The lowest BCUT2D eigenvalue weighted by Gasteiger charge is -2.12. The zero-order chi connectivity index (χ0) is 19.3. The predicted molar refractivity (Wildman–Crippen MR) is 112 cm³/mol. The van der Waals surface area contributed by atoms with Gasteiger partial charge in [0.05, 0.1) is 12.0 Å². The molecular weight excluding hydrogens is 404 g/mol. The molecule has 0 spiro atoms. The lowest BCUT2D eigenvalue weighted by molar-refractivity contribution is 0.415. The van der Waals surface area contributed by atoms with Crippen molar-refractivity contribution in [3.63, 3.8) is 0 Å². The second-order valence-electron chi connectivity index (χ2n) is 5.28. The molecule has 0 aliphatic rings. The molecule has 3 aromatic rings. The van der Waals surface area contributed by atoms with Gasteiger partial charge in [0, 0.05) is 29.0 Å². The molecule has 27 heavy (non-hydrogen) atoms. The molecule has 3 N–H and O–H groups in total. The first-order chi connectivity index (χ1) is 13.0. The summed E-state index contributed by atoms with van der Waals surface area (Å²) >= 11 is 6.49. The van der Waals surface area contributed by atoms with Gasteiger partial charge in [-0.05, 0) is 48.6 Å². The third kappa shape index (κ3) is 5.16. The Morgan fingerprint density at radius 2 is 1.85 bits per heavy atom. The van der Waals surface area contributed by atoms with Gasteiger partial charge < -0.3 is 15.4 Å². The summed E-state index contributed by atoms with van der Waals surface area (Å²) in [6, 6.07) is 13.6. The first-order valence-corrected chi connectivity index (χ1v) is 10.5. The number of rotatable bonds is 6. The van der Waals surface area contributed by atoms with Crippen LogP contribution in [0.4, 0.5) is 16.5 Å². The van der Waals surface area contributed by atoms with Crippen LogP contribution in [0.5, 0.6) is 5.75 Å². The van der Waals surface area contributed by atoms with E-state index in [2.05, 4.69) is 20.3 Å². The number of methoxy groups -OCH3 is 1. The maximum atomic E-state index is 12.3. The topological polar surface area (TPSA) is 92.4 Å². The van der Waals surface area contributed by atoms with Gasteiger partial charge >= 0.3 is 0 Å². The highest BCUT2D eigenvalue weighted by Crippen LogP contribution is 2.20. The van der Waals surface area contributed by atoms with Crippen molar-refractivity contribution < 1.29 is 13.2 Å². The third-order valence-corrected chi connectivity index (χ3v) is 5.78. The molecule has 0 aliphatic carbocycles. The molecule has 0 atom stereocenters. The normalized spacial score (nSPS) is 10.9. The first-order valence-electron chi connectivity index (χ1n) is 7.71. The van der Waals surface area contributed by atoms with Gasteiger partial charge in [0.15, 0.2) is 10.2 Å². The molecule has 10 heteroatoms. The van der Waals surface area contributed by atoms with Crippen LogP contribution in [0.25, 0.3) is 0 Å². The van der Waals surface area contributed by atoms with Crippen molar-refractivity contribution in [1.82, 2.24) is 4.98 Å². The molecule has 0 radical (unpaired) electrons. The number of thiazole rings is 1. The van der Waals surface area contributed by atoms with E-state index in [4.69, 9.17) is 17.0 Å². The van der Waals surface area contributed by atoms with Crippen LogP contribution >= 0.6 is 23.6 Å². The second kappa shape index (κ2) is 8.33. The van der Waals surface area contributed by atoms with Gasteiger partial charge in [-0.1, -0.05) is 6.07 Å². The molecule has 1 aromatic heterocycles. The van der Waals surface area contributed by atoms with E-state index >= 15 is 0 Å². The lowest BCUT2D eigenvalue weighted by atomic mass is 10.3. The Labute approximate surface area is 166 Å². The number of hydrogen-bond donors (Lipinski definition) is 3. The fraction of sp³-hybridized carbons (Fsp3) is 0.0588. The fourth-order valence-electron chi connectivity index (χ4n) is 2.16. The number of nitrogens with zero attached hydrogens (tertiary/aromatic N) is 1. The van der Waals surface area contributed by atoms with Crippen LogP contribution in [-0.2, 0) is 10.0 Å². The molecule has 0 bridgehead atoms.